The van der Waals surface area contributed by atoms with E-state index in [4.69, 9.17) is 0 Å². The molecule has 0 aromatic rings. The van der Waals surface area contributed by atoms with Gasteiger partial charge in [0.05, 0.1) is 5.75 Å². The maximum atomic E-state index is 12.2. The van der Waals surface area contributed by atoms with Gasteiger partial charge in [0.1, 0.15) is 5.54 Å². The number of nitrogens with zero attached hydrogens (tertiary/aromatic N) is 1. The summed E-state index contributed by atoms with van der Waals surface area (Å²) in [5.74, 6) is -0.325. The van der Waals surface area contributed by atoms with Crippen LogP contribution in [0.3, 0.4) is 0 Å². The minimum Gasteiger partial charge on any atom is -0.342 e. The second-order valence-electron chi connectivity index (χ2n) is 5.37. The zero-order valence-corrected chi connectivity index (χ0v) is 12.5. The number of rotatable bonds is 5. The molecule has 2 amide bonds. The Bertz CT molecular complexity index is 456. The first-order valence-corrected chi connectivity index (χ1v) is 8.31. The molecular weight excluding hydrogens is 268 g/mol. The molecule has 1 fully saturated rings. The van der Waals surface area contributed by atoms with Crippen molar-refractivity contribution in [3.8, 4) is 0 Å². The molecule has 0 bridgehead atoms. The first-order chi connectivity index (χ1) is 8.68. The van der Waals surface area contributed by atoms with E-state index in [-0.39, 0.29) is 42.8 Å². The van der Waals surface area contributed by atoms with Crippen LogP contribution in [-0.4, -0.2) is 55.3 Å². The Balaban J connectivity index is 2.72. The molecule has 0 saturated carbocycles. The molecule has 0 atom stereocenters. The molecule has 0 radical (unpaired) electrons. The molecule has 19 heavy (non-hydrogen) atoms. The molecule has 7 heteroatoms. The average Bonchev–Trinajstić information content (AvgIpc) is 2.35. The van der Waals surface area contributed by atoms with E-state index in [0.717, 1.165) is 0 Å². The fourth-order valence-electron chi connectivity index (χ4n) is 2.07. The lowest BCUT2D eigenvalue weighted by Crippen LogP contribution is -2.53. The molecule has 6 nitrogen and oxygen atoms in total. The van der Waals surface area contributed by atoms with Gasteiger partial charge in [-0.25, -0.2) is 8.42 Å². The Kier molecular flexibility index (Phi) is 4.95. The van der Waals surface area contributed by atoms with Crippen LogP contribution in [0.25, 0.3) is 0 Å². The van der Waals surface area contributed by atoms with Crippen molar-refractivity contribution in [2.45, 2.75) is 39.2 Å². The van der Waals surface area contributed by atoms with Gasteiger partial charge in [-0.2, -0.15) is 0 Å². The average molecular weight is 290 g/mol. The van der Waals surface area contributed by atoms with Crippen LogP contribution in [0.4, 0.5) is 0 Å². The second-order valence-corrected chi connectivity index (χ2v) is 7.67. The fraction of sp³-hybridized carbons (Fsp3) is 0.833. The van der Waals surface area contributed by atoms with Gasteiger partial charge in [0, 0.05) is 25.3 Å². The minimum atomic E-state index is -3.12. The third-order valence-electron chi connectivity index (χ3n) is 3.07. The molecule has 1 heterocycles. The lowest BCUT2D eigenvalue weighted by Gasteiger charge is -2.28. The molecule has 0 aromatic carbocycles. The summed E-state index contributed by atoms with van der Waals surface area (Å²) in [5, 5.41) is 2.64. The van der Waals surface area contributed by atoms with Gasteiger partial charge in [0.2, 0.25) is 11.8 Å². The maximum absolute atomic E-state index is 12.2. The first-order valence-electron chi connectivity index (χ1n) is 6.49. The van der Waals surface area contributed by atoms with Crippen LogP contribution >= 0.6 is 0 Å². The first kappa shape index (κ1) is 15.9. The van der Waals surface area contributed by atoms with Gasteiger partial charge >= 0.3 is 0 Å². The van der Waals surface area contributed by atoms with E-state index in [1.807, 2.05) is 0 Å². The second kappa shape index (κ2) is 5.90. The van der Waals surface area contributed by atoms with Crippen molar-refractivity contribution in [3.63, 3.8) is 0 Å². The Morgan fingerprint density at radius 2 is 1.89 bits per heavy atom. The van der Waals surface area contributed by atoms with Crippen LogP contribution in [0.2, 0.25) is 0 Å². The number of hydrogen-bond donors (Lipinski definition) is 1. The third kappa shape index (κ3) is 4.49. The van der Waals surface area contributed by atoms with Crippen LogP contribution < -0.4 is 5.32 Å². The molecule has 110 valence electrons. The third-order valence-corrected chi connectivity index (χ3v) is 4.90. The summed E-state index contributed by atoms with van der Waals surface area (Å²) in [4.78, 5) is 25.2. The van der Waals surface area contributed by atoms with Gasteiger partial charge in [0.15, 0.2) is 9.84 Å². The summed E-state index contributed by atoms with van der Waals surface area (Å²) >= 11 is 0. The summed E-state index contributed by atoms with van der Waals surface area (Å²) in [5.41, 5.74) is -0.970. The van der Waals surface area contributed by atoms with Gasteiger partial charge in [-0.1, -0.05) is 6.92 Å². The van der Waals surface area contributed by atoms with Gasteiger partial charge in [0.25, 0.3) is 0 Å². The maximum Gasteiger partial charge on any atom is 0.247 e. The predicted octanol–water partition coefficient (Wildman–Crippen LogP) is -0.0617. The summed E-state index contributed by atoms with van der Waals surface area (Å²) in [6, 6.07) is 0. The van der Waals surface area contributed by atoms with E-state index < -0.39 is 15.4 Å². The van der Waals surface area contributed by atoms with Gasteiger partial charge in [-0.3, -0.25) is 9.59 Å². The summed E-state index contributed by atoms with van der Waals surface area (Å²) in [6.45, 7) is 5.49. The quantitative estimate of drug-likeness (QED) is 0.769. The van der Waals surface area contributed by atoms with Crippen molar-refractivity contribution in [2.24, 2.45) is 0 Å². The molecule has 1 saturated heterocycles. The van der Waals surface area contributed by atoms with Crippen LogP contribution in [-0.2, 0) is 19.4 Å². The molecule has 1 rings (SSSR count). The molecular formula is C12H22N2O4S. The number of carbonyl (C=O) groups is 2. The fourth-order valence-corrected chi connectivity index (χ4v) is 3.40. The van der Waals surface area contributed by atoms with Crippen LogP contribution in [0, 0.1) is 0 Å². The number of nitrogens with one attached hydrogen (secondary N) is 1. The molecule has 1 aliphatic heterocycles. The standard InChI is InChI=1S/C12H22N2O4S/c1-4-8-19(17,18)9-7-14-6-5-10(15)13-12(2,3)11(14)16/h4-9H2,1-3H3,(H,13,15). The van der Waals surface area contributed by atoms with E-state index in [2.05, 4.69) is 5.32 Å². The van der Waals surface area contributed by atoms with E-state index in [9.17, 15) is 18.0 Å². The van der Waals surface area contributed by atoms with E-state index >= 15 is 0 Å². The highest BCUT2D eigenvalue weighted by atomic mass is 32.2. The van der Waals surface area contributed by atoms with Gasteiger partial charge in [-0.05, 0) is 20.3 Å². The van der Waals surface area contributed by atoms with Crippen molar-refractivity contribution in [2.75, 3.05) is 24.6 Å². The molecule has 0 aromatic heterocycles. The summed E-state index contributed by atoms with van der Waals surface area (Å²) in [6.07, 6.45) is 0.783. The molecule has 0 unspecified atom stereocenters. The molecule has 1 aliphatic rings. The van der Waals surface area contributed by atoms with Crippen LogP contribution in [0.1, 0.15) is 33.6 Å². The van der Waals surface area contributed by atoms with E-state index in [1.54, 1.807) is 20.8 Å². The van der Waals surface area contributed by atoms with Crippen LogP contribution in [0.5, 0.6) is 0 Å². The largest absolute Gasteiger partial charge is 0.342 e. The highest BCUT2D eigenvalue weighted by molar-refractivity contribution is 7.91. The zero-order chi connectivity index (χ0) is 14.7. The van der Waals surface area contributed by atoms with Crippen LogP contribution in [0.15, 0.2) is 0 Å². The van der Waals surface area contributed by atoms with Crippen molar-refractivity contribution in [1.29, 1.82) is 0 Å². The predicted molar refractivity (Wildman–Crippen MR) is 72.4 cm³/mol. The van der Waals surface area contributed by atoms with Gasteiger partial charge in [-0.15, -0.1) is 0 Å². The lowest BCUT2D eigenvalue weighted by molar-refractivity contribution is -0.137. The highest BCUT2D eigenvalue weighted by Gasteiger charge is 2.36. The Hall–Kier alpha value is -1.11. The minimum absolute atomic E-state index is 0.0448. The topological polar surface area (TPSA) is 83.6 Å². The zero-order valence-electron chi connectivity index (χ0n) is 11.7. The van der Waals surface area contributed by atoms with Gasteiger partial charge < -0.3 is 10.2 Å². The summed E-state index contributed by atoms with van der Waals surface area (Å²) in [7, 11) is -3.12. The Morgan fingerprint density at radius 3 is 2.47 bits per heavy atom. The Morgan fingerprint density at radius 1 is 1.26 bits per heavy atom. The Labute approximate surface area is 114 Å². The normalized spacial score (nSPS) is 20.1. The van der Waals surface area contributed by atoms with E-state index in [1.165, 1.54) is 4.90 Å². The van der Waals surface area contributed by atoms with Crippen molar-refractivity contribution in [1.82, 2.24) is 10.2 Å². The smallest absolute Gasteiger partial charge is 0.247 e. The van der Waals surface area contributed by atoms with Crippen molar-refractivity contribution >= 4 is 21.7 Å². The number of carbonyl (C=O) groups excluding carboxylic acids is 2. The molecule has 0 spiro atoms. The molecule has 0 aliphatic carbocycles. The summed E-state index contributed by atoms with van der Waals surface area (Å²) < 4.78 is 23.3. The lowest BCUT2D eigenvalue weighted by atomic mass is 10.0. The van der Waals surface area contributed by atoms with Crippen molar-refractivity contribution < 1.29 is 18.0 Å². The monoisotopic (exact) mass is 290 g/mol. The number of amides is 2. The number of sulfone groups is 1. The van der Waals surface area contributed by atoms with E-state index in [0.29, 0.717) is 6.42 Å². The highest BCUT2D eigenvalue weighted by Crippen LogP contribution is 2.13. The SMILES string of the molecule is CCCS(=O)(=O)CCN1CCC(=O)NC(C)(C)C1=O. The van der Waals surface area contributed by atoms with Crippen molar-refractivity contribution in [3.05, 3.63) is 0 Å². The molecule has 1 N–H and O–H groups in total. The number of hydrogen-bond acceptors (Lipinski definition) is 4.